The van der Waals surface area contributed by atoms with Gasteiger partial charge in [0, 0.05) is 6.07 Å². The van der Waals surface area contributed by atoms with Gasteiger partial charge in [-0.1, -0.05) is 6.07 Å². The van der Waals surface area contributed by atoms with Crippen LogP contribution in [-0.4, -0.2) is 19.6 Å². The van der Waals surface area contributed by atoms with E-state index in [2.05, 4.69) is 4.18 Å². The fraction of sp³-hybridized carbons (Fsp3) is 0.333. The quantitative estimate of drug-likeness (QED) is 0.454. The van der Waals surface area contributed by atoms with Crippen LogP contribution in [0.1, 0.15) is 11.1 Å². The predicted octanol–water partition coefficient (Wildman–Crippen LogP) is 1.38. The van der Waals surface area contributed by atoms with E-state index >= 15 is 0 Å². The van der Waals surface area contributed by atoms with Gasteiger partial charge in [0.25, 0.3) is 15.8 Å². The van der Waals surface area contributed by atoms with Crippen molar-refractivity contribution < 1.29 is 17.5 Å². The molecule has 0 aliphatic carbocycles. The molecule has 0 N–H and O–H groups in total. The van der Waals surface area contributed by atoms with Crippen LogP contribution >= 0.6 is 0 Å². The van der Waals surface area contributed by atoms with Crippen molar-refractivity contribution in [1.29, 1.82) is 0 Å². The van der Waals surface area contributed by atoms with Crippen molar-refractivity contribution in [3.63, 3.8) is 0 Å². The Labute approximate surface area is 93.1 Å². The van der Waals surface area contributed by atoms with Crippen LogP contribution < -0.4 is 0 Å². The van der Waals surface area contributed by atoms with Crippen molar-refractivity contribution in [1.82, 2.24) is 0 Å². The van der Waals surface area contributed by atoms with Gasteiger partial charge in [-0.25, -0.2) is 0 Å². The summed E-state index contributed by atoms with van der Waals surface area (Å²) in [5, 5.41) is 10.7. The van der Waals surface area contributed by atoms with E-state index in [9.17, 15) is 18.5 Å². The molecule has 0 aliphatic heterocycles. The van der Waals surface area contributed by atoms with Crippen molar-refractivity contribution in [2.24, 2.45) is 0 Å². The molecular formula is C9H11NO5S. The first-order valence-corrected chi connectivity index (χ1v) is 6.19. The minimum absolute atomic E-state index is 0.136. The summed E-state index contributed by atoms with van der Waals surface area (Å²) in [7, 11) is -3.60. The summed E-state index contributed by atoms with van der Waals surface area (Å²) in [6.07, 6.45) is 0.896. The second kappa shape index (κ2) is 4.58. The number of aryl methyl sites for hydroxylation is 1. The predicted molar refractivity (Wildman–Crippen MR) is 57.5 cm³/mol. The van der Waals surface area contributed by atoms with Crippen molar-refractivity contribution in [2.75, 3.05) is 6.26 Å². The van der Waals surface area contributed by atoms with Crippen LogP contribution in [0.25, 0.3) is 0 Å². The number of nitrogens with zero attached hydrogens (tertiary/aromatic N) is 1. The van der Waals surface area contributed by atoms with Gasteiger partial charge in [-0.15, -0.1) is 0 Å². The van der Waals surface area contributed by atoms with E-state index in [0.29, 0.717) is 0 Å². The van der Waals surface area contributed by atoms with Gasteiger partial charge in [-0.2, -0.15) is 8.42 Å². The molecule has 0 saturated carbocycles. The second-order valence-electron chi connectivity index (χ2n) is 3.36. The molecule has 0 spiro atoms. The van der Waals surface area contributed by atoms with Crippen molar-refractivity contribution >= 4 is 15.8 Å². The number of hydrogen-bond acceptors (Lipinski definition) is 5. The third kappa shape index (κ3) is 3.59. The molecule has 0 amide bonds. The first-order chi connectivity index (χ1) is 7.29. The van der Waals surface area contributed by atoms with Crippen LogP contribution in [0.3, 0.4) is 0 Å². The summed E-state index contributed by atoms with van der Waals surface area (Å²) in [4.78, 5) is 10.1. The lowest BCUT2D eigenvalue weighted by atomic mass is 10.1. The molecule has 0 bridgehead atoms. The van der Waals surface area contributed by atoms with Gasteiger partial charge in [-0.05, 0) is 18.6 Å². The highest BCUT2D eigenvalue weighted by atomic mass is 32.2. The number of hydrogen-bond donors (Lipinski definition) is 0. The van der Waals surface area contributed by atoms with E-state index in [1.165, 1.54) is 12.1 Å². The molecule has 1 aromatic carbocycles. The maximum absolute atomic E-state index is 10.8. The molecule has 0 atom stereocenters. The Balaban J connectivity index is 3.00. The molecule has 0 heterocycles. The molecule has 0 fully saturated rings. The molecule has 0 aromatic heterocycles. The number of nitro groups is 1. The largest absolute Gasteiger partial charge is 0.275 e. The van der Waals surface area contributed by atoms with E-state index < -0.39 is 15.0 Å². The SMILES string of the molecule is Cc1ccc(COS(C)(=O)=O)c([N+](=O)[O-])c1. The summed E-state index contributed by atoms with van der Waals surface area (Å²) in [5.41, 5.74) is 0.833. The zero-order chi connectivity index (χ0) is 12.3. The van der Waals surface area contributed by atoms with E-state index in [0.717, 1.165) is 11.8 Å². The van der Waals surface area contributed by atoms with Gasteiger partial charge in [0.2, 0.25) is 0 Å². The van der Waals surface area contributed by atoms with Gasteiger partial charge in [0.05, 0.1) is 23.3 Å². The third-order valence-electron chi connectivity index (χ3n) is 1.87. The van der Waals surface area contributed by atoms with E-state index in [4.69, 9.17) is 0 Å². The number of rotatable bonds is 4. The maximum Gasteiger partial charge on any atom is 0.275 e. The van der Waals surface area contributed by atoms with Gasteiger partial charge >= 0.3 is 0 Å². The Morgan fingerprint density at radius 2 is 2.06 bits per heavy atom. The van der Waals surface area contributed by atoms with Crippen LogP contribution in [0.4, 0.5) is 5.69 Å². The zero-order valence-corrected chi connectivity index (χ0v) is 9.65. The van der Waals surface area contributed by atoms with Crippen LogP contribution in [0, 0.1) is 17.0 Å². The third-order valence-corrected chi connectivity index (χ3v) is 2.41. The molecule has 88 valence electrons. The molecular weight excluding hydrogens is 234 g/mol. The average Bonchev–Trinajstić information content (AvgIpc) is 2.14. The van der Waals surface area contributed by atoms with Gasteiger partial charge in [-0.3, -0.25) is 14.3 Å². The molecule has 1 rings (SSSR count). The van der Waals surface area contributed by atoms with Crippen molar-refractivity contribution in [2.45, 2.75) is 13.5 Å². The van der Waals surface area contributed by atoms with Crippen molar-refractivity contribution in [3.8, 4) is 0 Å². The second-order valence-corrected chi connectivity index (χ2v) is 5.00. The lowest BCUT2D eigenvalue weighted by molar-refractivity contribution is -0.385. The zero-order valence-electron chi connectivity index (χ0n) is 8.84. The highest BCUT2D eigenvalue weighted by molar-refractivity contribution is 7.85. The molecule has 1 aromatic rings. The first-order valence-electron chi connectivity index (χ1n) is 4.38. The summed E-state index contributed by atoms with van der Waals surface area (Å²) in [5.74, 6) is 0. The molecule has 7 heteroatoms. The molecule has 16 heavy (non-hydrogen) atoms. The maximum atomic E-state index is 10.8. The first kappa shape index (κ1) is 12.6. The Morgan fingerprint density at radius 3 is 2.56 bits per heavy atom. The average molecular weight is 245 g/mol. The minimum atomic E-state index is -3.60. The van der Waals surface area contributed by atoms with E-state index in [1.54, 1.807) is 13.0 Å². The van der Waals surface area contributed by atoms with Crippen LogP contribution in [0.2, 0.25) is 0 Å². The van der Waals surface area contributed by atoms with Crippen LogP contribution in [0.5, 0.6) is 0 Å². The van der Waals surface area contributed by atoms with Crippen LogP contribution in [-0.2, 0) is 20.9 Å². The smallest absolute Gasteiger partial charge is 0.265 e. The molecule has 0 aliphatic rings. The fourth-order valence-corrected chi connectivity index (χ4v) is 1.48. The Morgan fingerprint density at radius 1 is 1.44 bits per heavy atom. The topological polar surface area (TPSA) is 86.5 Å². The summed E-state index contributed by atoms with van der Waals surface area (Å²) in [6, 6.07) is 4.52. The monoisotopic (exact) mass is 245 g/mol. The summed E-state index contributed by atoms with van der Waals surface area (Å²) < 4.78 is 26.0. The van der Waals surface area contributed by atoms with Gasteiger partial charge < -0.3 is 0 Å². The van der Waals surface area contributed by atoms with E-state index in [1.807, 2.05) is 0 Å². The summed E-state index contributed by atoms with van der Waals surface area (Å²) in [6.45, 7) is 1.39. The van der Waals surface area contributed by atoms with Crippen molar-refractivity contribution in [3.05, 3.63) is 39.4 Å². The summed E-state index contributed by atoms with van der Waals surface area (Å²) >= 11 is 0. The van der Waals surface area contributed by atoms with Crippen LogP contribution in [0.15, 0.2) is 18.2 Å². The highest BCUT2D eigenvalue weighted by Crippen LogP contribution is 2.21. The fourth-order valence-electron chi connectivity index (χ4n) is 1.14. The molecule has 0 saturated heterocycles. The Bertz CT molecular complexity index is 509. The molecule has 0 unspecified atom stereocenters. The lowest BCUT2D eigenvalue weighted by Gasteiger charge is -2.03. The van der Waals surface area contributed by atoms with Gasteiger partial charge in [0.1, 0.15) is 0 Å². The molecule has 0 radical (unpaired) electrons. The lowest BCUT2D eigenvalue weighted by Crippen LogP contribution is -2.04. The normalized spacial score (nSPS) is 11.4. The minimum Gasteiger partial charge on any atom is -0.265 e. The highest BCUT2D eigenvalue weighted by Gasteiger charge is 2.15. The Hall–Kier alpha value is -1.47. The molecule has 6 nitrogen and oxygen atoms in total. The van der Waals surface area contributed by atoms with E-state index in [-0.39, 0.29) is 17.9 Å². The standard InChI is InChI=1S/C9H11NO5S/c1-7-3-4-8(6-15-16(2,13)14)9(5-7)10(11)12/h3-5H,6H2,1-2H3. The number of benzene rings is 1. The number of nitro benzene ring substituents is 1. The van der Waals surface area contributed by atoms with Gasteiger partial charge in [0.15, 0.2) is 0 Å². The Kier molecular flexibility index (Phi) is 3.61.